The summed E-state index contributed by atoms with van der Waals surface area (Å²) in [6.07, 6.45) is 2.40. The molecule has 0 fully saturated rings. The summed E-state index contributed by atoms with van der Waals surface area (Å²) in [6, 6.07) is 11.0. The highest BCUT2D eigenvalue weighted by Crippen LogP contribution is 2.21. The summed E-state index contributed by atoms with van der Waals surface area (Å²) in [7, 11) is 3.26. The Morgan fingerprint density at radius 3 is 2.65 bits per heavy atom. The lowest BCUT2D eigenvalue weighted by molar-refractivity contribution is -0.107. The zero-order chi connectivity index (χ0) is 18.7. The summed E-state index contributed by atoms with van der Waals surface area (Å²) in [5.41, 5.74) is 2.86. The third-order valence-corrected chi connectivity index (χ3v) is 4.13. The molecule has 26 heavy (non-hydrogen) atoms. The fraction of sp³-hybridized carbons (Fsp3) is 0.211. The molecule has 134 valence electrons. The van der Waals surface area contributed by atoms with Gasteiger partial charge in [-0.1, -0.05) is 12.1 Å². The van der Waals surface area contributed by atoms with Gasteiger partial charge in [0, 0.05) is 19.8 Å². The van der Waals surface area contributed by atoms with Gasteiger partial charge in [-0.25, -0.2) is 4.98 Å². The first-order valence-corrected chi connectivity index (χ1v) is 8.11. The standard InChI is InChI=1S/C19H20N4O3/c1-13-19(22(2)12-24)23-11-15(6-9-17(23)21-13)18(25)20-10-14-4-7-16(26-3)8-5-14/h4-9,11-12H,10H2,1-3H3,(H,20,25). The van der Waals surface area contributed by atoms with E-state index in [1.54, 1.807) is 36.9 Å². The smallest absolute Gasteiger partial charge is 0.253 e. The van der Waals surface area contributed by atoms with Gasteiger partial charge in [0.15, 0.2) is 0 Å². The normalized spacial score (nSPS) is 10.6. The minimum atomic E-state index is -0.200. The van der Waals surface area contributed by atoms with E-state index in [1.165, 1.54) is 4.90 Å². The SMILES string of the molecule is COc1ccc(CNC(=O)c2ccc3nc(C)c(N(C)C=O)n3c2)cc1. The van der Waals surface area contributed by atoms with E-state index in [0.717, 1.165) is 17.0 Å². The van der Waals surface area contributed by atoms with Crippen molar-refractivity contribution >= 4 is 23.8 Å². The Hall–Kier alpha value is -3.35. The molecule has 2 heterocycles. The number of fused-ring (bicyclic) bond motifs is 1. The van der Waals surface area contributed by atoms with E-state index in [0.29, 0.717) is 30.0 Å². The molecule has 0 radical (unpaired) electrons. The summed E-state index contributed by atoms with van der Waals surface area (Å²) in [5, 5.41) is 2.89. The molecule has 2 aromatic heterocycles. The number of carbonyl (C=O) groups is 2. The highest BCUT2D eigenvalue weighted by atomic mass is 16.5. The van der Waals surface area contributed by atoms with Crippen LogP contribution >= 0.6 is 0 Å². The Kier molecular flexibility index (Phi) is 4.88. The van der Waals surface area contributed by atoms with Gasteiger partial charge >= 0.3 is 0 Å². The van der Waals surface area contributed by atoms with E-state index in [4.69, 9.17) is 4.74 Å². The number of carbonyl (C=O) groups excluding carboxylic acids is 2. The molecule has 7 nitrogen and oxygen atoms in total. The van der Waals surface area contributed by atoms with Crippen LogP contribution in [0, 0.1) is 6.92 Å². The molecule has 0 saturated carbocycles. The van der Waals surface area contributed by atoms with E-state index < -0.39 is 0 Å². The lowest BCUT2D eigenvalue weighted by Gasteiger charge is -2.12. The summed E-state index contributed by atoms with van der Waals surface area (Å²) in [5.74, 6) is 1.21. The van der Waals surface area contributed by atoms with Gasteiger partial charge in [0.25, 0.3) is 5.91 Å². The Labute approximate surface area is 151 Å². The van der Waals surface area contributed by atoms with E-state index in [9.17, 15) is 9.59 Å². The van der Waals surface area contributed by atoms with Gasteiger partial charge in [-0.05, 0) is 36.8 Å². The molecule has 1 N–H and O–H groups in total. The quantitative estimate of drug-likeness (QED) is 0.690. The number of nitrogens with one attached hydrogen (secondary N) is 1. The number of hydrogen-bond donors (Lipinski definition) is 1. The van der Waals surface area contributed by atoms with Crippen LogP contribution in [0.5, 0.6) is 5.75 Å². The number of aromatic nitrogens is 2. The molecule has 0 bridgehead atoms. The summed E-state index contributed by atoms with van der Waals surface area (Å²) in [6.45, 7) is 2.23. The van der Waals surface area contributed by atoms with E-state index in [-0.39, 0.29) is 5.91 Å². The molecular weight excluding hydrogens is 332 g/mol. The molecule has 0 saturated heterocycles. The maximum atomic E-state index is 12.5. The molecule has 0 spiro atoms. The van der Waals surface area contributed by atoms with Crippen molar-refractivity contribution in [3.05, 3.63) is 59.4 Å². The fourth-order valence-corrected chi connectivity index (χ4v) is 2.79. The molecule has 2 amide bonds. The Morgan fingerprint density at radius 1 is 1.27 bits per heavy atom. The topological polar surface area (TPSA) is 75.9 Å². The Bertz CT molecular complexity index is 947. The van der Waals surface area contributed by atoms with Crippen molar-refractivity contribution in [3.63, 3.8) is 0 Å². The minimum Gasteiger partial charge on any atom is -0.497 e. The zero-order valence-corrected chi connectivity index (χ0v) is 14.9. The molecule has 0 aliphatic heterocycles. The number of imidazole rings is 1. The fourth-order valence-electron chi connectivity index (χ4n) is 2.79. The van der Waals surface area contributed by atoms with Crippen molar-refractivity contribution in [2.75, 3.05) is 19.1 Å². The second kappa shape index (κ2) is 7.26. The molecule has 0 atom stereocenters. The van der Waals surface area contributed by atoms with Gasteiger partial charge in [-0.15, -0.1) is 0 Å². The molecule has 7 heteroatoms. The van der Waals surface area contributed by atoms with Crippen molar-refractivity contribution in [2.45, 2.75) is 13.5 Å². The molecule has 3 aromatic rings. The summed E-state index contributed by atoms with van der Waals surface area (Å²) >= 11 is 0. The van der Waals surface area contributed by atoms with Crippen LogP contribution < -0.4 is 15.0 Å². The van der Waals surface area contributed by atoms with Crippen LogP contribution in [0.4, 0.5) is 5.82 Å². The third kappa shape index (κ3) is 3.37. The number of ether oxygens (including phenoxy) is 1. The maximum Gasteiger partial charge on any atom is 0.253 e. The monoisotopic (exact) mass is 352 g/mol. The predicted molar refractivity (Wildman–Crippen MR) is 98.6 cm³/mol. The first-order valence-electron chi connectivity index (χ1n) is 8.11. The third-order valence-electron chi connectivity index (χ3n) is 4.13. The number of amides is 2. The van der Waals surface area contributed by atoms with E-state index >= 15 is 0 Å². The second-order valence-electron chi connectivity index (χ2n) is 5.91. The molecule has 3 rings (SSSR count). The van der Waals surface area contributed by atoms with Crippen LogP contribution in [0.1, 0.15) is 21.6 Å². The molecular formula is C19H20N4O3. The number of methoxy groups -OCH3 is 1. The van der Waals surface area contributed by atoms with Gasteiger partial charge in [0.05, 0.1) is 18.4 Å². The van der Waals surface area contributed by atoms with Gasteiger partial charge in [-0.3, -0.25) is 14.0 Å². The van der Waals surface area contributed by atoms with Crippen LogP contribution in [-0.4, -0.2) is 35.9 Å². The average molecular weight is 352 g/mol. The Balaban J connectivity index is 1.80. The Morgan fingerprint density at radius 2 is 2.00 bits per heavy atom. The van der Waals surface area contributed by atoms with Crippen molar-refractivity contribution in [1.29, 1.82) is 0 Å². The first kappa shape index (κ1) is 17.5. The lowest BCUT2D eigenvalue weighted by atomic mass is 10.2. The zero-order valence-electron chi connectivity index (χ0n) is 14.9. The molecule has 1 aromatic carbocycles. The van der Waals surface area contributed by atoms with E-state index in [1.807, 2.05) is 31.2 Å². The number of rotatable bonds is 6. The number of nitrogens with zero attached hydrogens (tertiary/aromatic N) is 3. The van der Waals surface area contributed by atoms with Crippen LogP contribution in [0.15, 0.2) is 42.6 Å². The largest absolute Gasteiger partial charge is 0.497 e. The lowest BCUT2D eigenvalue weighted by Crippen LogP contribution is -2.23. The predicted octanol–water partition coefficient (Wildman–Crippen LogP) is 2.17. The first-order chi connectivity index (χ1) is 12.5. The summed E-state index contributed by atoms with van der Waals surface area (Å²) in [4.78, 5) is 29.5. The van der Waals surface area contributed by atoms with Gasteiger partial charge in [-0.2, -0.15) is 0 Å². The number of pyridine rings is 1. The summed E-state index contributed by atoms with van der Waals surface area (Å²) < 4.78 is 6.86. The number of benzene rings is 1. The molecule has 0 aliphatic rings. The van der Waals surface area contributed by atoms with Crippen molar-refractivity contribution in [3.8, 4) is 5.75 Å². The average Bonchev–Trinajstić information content (AvgIpc) is 3.00. The van der Waals surface area contributed by atoms with Crippen LogP contribution in [0.3, 0.4) is 0 Å². The van der Waals surface area contributed by atoms with Crippen molar-refractivity contribution in [1.82, 2.24) is 14.7 Å². The van der Waals surface area contributed by atoms with E-state index in [2.05, 4.69) is 10.3 Å². The molecule has 0 unspecified atom stereocenters. The van der Waals surface area contributed by atoms with Crippen molar-refractivity contribution < 1.29 is 14.3 Å². The van der Waals surface area contributed by atoms with Crippen LogP contribution in [-0.2, 0) is 11.3 Å². The number of aryl methyl sites for hydroxylation is 1. The van der Waals surface area contributed by atoms with Crippen LogP contribution in [0.25, 0.3) is 5.65 Å². The number of hydrogen-bond acceptors (Lipinski definition) is 4. The maximum absolute atomic E-state index is 12.5. The number of anilines is 1. The van der Waals surface area contributed by atoms with Crippen molar-refractivity contribution in [2.24, 2.45) is 0 Å². The minimum absolute atomic E-state index is 0.200. The highest BCUT2D eigenvalue weighted by molar-refractivity contribution is 5.94. The van der Waals surface area contributed by atoms with Gasteiger partial charge in [0.1, 0.15) is 17.2 Å². The molecule has 0 aliphatic carbocycles. The van der Waals surface area contributed by atoms with Gasteiger partial charge < -0.3 is 15.0 Å². The van der Waals surface area contributed by atoms with Crippen LogP contribution in [0.2, 0.25) is 0 Å². The second-order valence-corrected chi connectivity index (χ2v) is 5.91. The highest BCUT2D eigenvalue weighted by Gasteiger charge is 2.14. The van der Waals surface area contributed by atoms with Gasteiger partial charge in [0.2, 0.25) is 6.41 Å².